The van der Waals surface area contributed by atoms with E-state index in [1.54, 1.807) is 4.31 Å². The van der Waals surface area contributed by atoms with E-state index in [4.69, 9.17) is 4.55 Å². The molecular formula is C8H19NO2S. The highest BCUT2D eigenvalue weighted by molar-refractivity contribution is 7.76. The van der Waals surface area contributed by atoms with Crippen molar-refractivity contribution in [3.63, 3.8) is 0 Å². The van der Waals surface area contributed by atoms with Crippen molar-refractivity contribution in [2.75, 3.05) is 13.1 Å². The monoisotopic (exact) mass is 193 g/mol. The van der Waals surface area contributed by atoms with Gasteiger partial charge >= 0.3 is 0 Å². The summed E-state index contributed by atoms with van der Waals surface area (Å²) in [5.74, 6) is 0.641. The van der Waals surface area contributed by atoms with E-state index in [1.807, 2.05) is 6.92 Å². The second-order valence-corrected chi connectivity index (χ2v) is 4.03. The van der Waals surface area contributed by atoms with Crippen LogP contribution in [0.1, 0.15) is 33.6 Å². The summed E-state index contributed by atoms with van der Waals surface area (Å²) in [4.78, 5) is 0. The van der Waals surface area contributed by atoms with Crippen LogP contribution in [-0.2, 0) is 11.3 Å². The van der Waals surface area contributed by atoms with Crippen LogP contribution in [0.3, 0.4) is 0 Å². The van der Waals surface area contributed by atoms with Crippen LogP contribution in [0.25, 0.3) is 0 Å². The molecule has 0 radical (unpaired) electrons. The van der Waals surface area contributed by atoms with Crippen LogP contribution >= 0.6 is 0 Å². The highest BCUT2D eigenvalue weighted by Gasteiger charge is 2.09. The molecule has 0 fully saturated rings. The SMILES string of the molecule is CCC(C)CCN(CC)S(=O)O. The molecular weight excluding hydrogens is 174 g/mol. The lowest BCUT2D eigenvalue weighted by Gasteiger charge is -2.17. The number of hydrogen-bond donors (Lipinski definition) is 1. The molecule has 0 aromatic rings. The van der Waals surface area contributed by atoms with Crippen molar-refractivity contribution in [3.8, 4) is 0 Å². The van der Waals surface area contributed by atoms with Crippen LogP contribution in [0.15, 0.2) is 0 Å². The third kappa shape index (κ3) is 4.85. The van der Waals surface area contributed by atoms with Gasteiger partial charge in [0.05, 0.1) is 0 Å². The highest BCUT2D eigenvalue weighted by Crippen LogP contribution is 2.07. The Labute approximate surface area is 77.6 Å². The van der Waals surface area contributed by atoms with Crippen molar-refractivity contribution in [1.29, 1.82) is 0 Å². The molecule has 12 heavy (non-hydrogen) atoms. The summed E-state index contributed by atoms with van der Waals surface area (Å²) in [5, 5.41) is 0. The minimum atomic E-state index is -1.79. The van der Waals surface area contributed by atoms with Gasteiger partial charge in [0.1, 0.15) is 0 Å². The molecule has 0 aromatic carbocycles. The van der Waals surface area contributed by atoms with E-state index in [-0.39, 0.29) is 0 Å². The number of hydrogen-bond acceptors (Lipinski definition) is 1. The standard InChI is InChI=1S/C8H19NO2S/c1-4-8(3)6-7-9(5-2)12(10)11/h8H,4-7H2,1-3H3,(H,10,11). The molecule has 2 atom stereocenters. The van der Waals surface area contributed by atoms with Gasteiger partial charge in [-0.3, -0.25) is 4.55 Å². The predicted octanol–water partition coefficient (Wildman–Crippen LogP) is 1.88. The Kier molecular flexibility index (Phi) is 6.61. The van der Waals surface area contributed by atoms with E-state index < -0.39 is 11.3 Å². The Balaban J connectivity index is 3.65. The van der Waals surface area contributed by atoms with Crippen molar-refractivity contribution >= 4 is 11.3 Å². The predicted molar refractivity (Wildman–Crippen MR) is 52.1 cm³/mol. The van der Waals surface area contributed by atoms with Gasteiger partial charge < -0.3 is 0 Å². The molecule has 1 N–H and O–H groups in total. The molecule has 0 aliphatic carbocycles. The molecule has 0 rings (SSSR count). The lowest BCUT2D eigenvalue weighted by atomic mass is 10.1. The topological polar surface area (TPSA) is 40.5 Å². The van der Waals surface area contributed by atoms with Crippen molar-refractivity contribution in [2.24, 2.45) is 5.92 Å². The zero-order chi connectivity index (χ0) is 9.56. The minimum Gasteiger partial charge on any atom is -0.294 e. The van der Waals surface area contributed by atoms with Crippen molar-refractivity contribution in [1.82, 2.24) is 4.31 Å². The fourth-order valence-corrected chi connectivity index (χ4v) is 1.40. The number of rotatable bonds is 6. The molecule has 0 amide bonds. The third-order valence-corrected chi connectivity index (χ3v) is 3.02. The molecule has 0 aliphatic rings. The summed E-state index contributed by atoms with van der Waals surface area (Å²) in [6, 6.07) is 0. The van der Waals surface area contributed by atoms with Crippen LogP contribution in [0.5, 0.6) is 0 Å². The molecule has 2 unspecified atom stereocenters. The fourth-order valence-electron chi connectivity index (χ4n) is 0.915. The van der Waals surface area contributed by atoms with Crippen LogP contribution in [0.4, 0.5) is 0 Å². The zero-order valence-electron chi connectivity index (χ0n) is 8.12. The van der Waals surface area contributed by atoms with Gasteiger partial charge in [-0.15, -0.1) is 0 Å². The lowest BCUT2D eigenvalue weighted by molar-refractivity contribution is 0.371. The maximum absolute atomic E-state index is 10.7. The van der Waals surface area contributed by atoms with E-state index >= 15 is 0 Å². The molecule has 3 nitrogen and oxygen atoms in total. The molecule has 74 valence electrons. The number of nitrogens with zero attached hydrogens (tertiary/aromatic N) is 1. The first-order valence-corrected chi connectivity index (χ1v) is 5.54. The average Bonchev–Trinajstić information content (AvgIpc) is 2.04. The van der Waals surface area contributed by atoms with Gasteiger partial charge in [-0.2, -0.15) is 0 Å². The summed E-state index contributed by atoms with van der Waals surface area (Å²) >= 11 is -1.79. The Hall–Kier alpha value is 0.0700. The average molecular weight is 193 g/mol. The smallest absolute Gasteiger partial charge is 0.234 e. The van der Waals surface area contributed by atoms with E-state index in [0.29, 0.717) is 19.0 Å². The first kappa shape index (κ1) is 12.1. The van der Waals surface area contributed by atoms with Crippen molar-refractivity contribution in [3.05, 3.63) is 0 Å². The van der Waals surface area contributed by atoms with Crippen molar-refractivity contribution < 1.29 is 8.76 Å². The van der Waals surface area contributed by atoms with Crippen LogP contribution in [0, 0.1) is 5.92 Å². The third-order valence-electron chi connectivity index (χ3n) is 2.14. The van der Waals surface area contributed by atoms with Crippen LogP contribution in [-0.4, -0.2) is 26.2 Å². The molecule has 0 bridgehead atoms. The summed E-state index contributed by atoms with van der Waals surface area (Å²) in [7, 11) is 0. The molecule has 0 saturated heterocycles. The first-order valence-electron chi connectivity index (χ1n) is 4.47. The summed E-state index contributed by atoms with van der Waals surface area (Å²) in [6.07, 6.45) is 2.13. The first-order chi connectivity index (χ1) is 5.61. The van der Waals surface area contributed by atoms with Gasteiger partial charge in [-0.25, -0.2) is 8.51 Å². The Morgan fingerprint density at radius 1 is 1.50 bits per heavy atom. The summed E-state index contributed by atoms with van der Waals surface area (Å²) < 4.78 is 21.0. The fraction of sp³-hybridized carbons (Fsp3) is 1.00. The van der Waals surface area contributed by atoms with E-state index in [0.717, 1.165) is 12.8 Å². The van der Waals surface area contributed by atoms with E-state index in [9.17, 15) is 4.21 Å². The van der Waals surface area contributed by atoms with E-state index in [2.05, 4.69) is 13.8 Å². The second-order valence-electron chi connectivity index (χ2n) is 3.05. The van der Waals surface area contributed by atoms with Crippen LogP contribution in [0.2, 0.25) is 0 Å². The highest BCUT2D eigenvalue weighted by atomic mass is 32.2. The maximum Gasteiger partial charge on any atom is 0.234 e. The van der Waals surface area contributed by atoms with Gasteiger partial charge in [0.15, 0.2) is 0 Å². The van der Waals surface area contributed by atoms with Gasteiger partial charge in [0, 0.05) is 13.1 Å². The minimum absolute atomic E-state index is 0.638. The quantitative estimate of drug-likeness (QED) is 0.654. The Morgan fingerprint density at radius 3 is 2.42 bits per heavy atom. The summed E-state index contributed by atoms with van der Waals surface area (Å²) in [6.45, 7) is 7.55. The van der Waals surface area contributed by atoms with Gasteiger partial charge in [-0.05, 0) is 12.3 Å². The zero-order valence-corrected chi connectivity index (χ0v) is 8.93. The van der Waals surface area contributed by atoms with Gasteiger partial charge in [0.25, 0.3) is 0 Å². The molecule has 4 heteroatoms. The van der Waals surface area contributed by atoms with Crippen LogP contribution < -0.4 is 0 Å². The van der Waals surface area contributed by atoms with Gasteiger partial charge in [0.2, 0.25) is 11.3 Å². The second kappa shape index (κ2) is 6.57. The largest absolute Gasteiger partial charge is 0.294 e. The molecule has 0 aromatic heterocycles. The summed E-state index contributed by atoms with van der Waals surface area (Å²) in [5.41, 5.74) is 0. The Morgan fingerprint density at radius 2 is 2.08 bits per heavy atom. The molecule has 0 saturated carbocycles. The van der Waals surface area contributed by atoms with E-state index in [1.165, 1.54) is 0 Å². The lowest BCUT2D eigenvalue weighted by Crippen LogP contribution is -2.27. The molecule has 0 aliphatic heterocycles. The normalized spacial score (nSPS) is 16.4. The molecule has 0 heterocycles. The maximum atomic E-state index is 10.7. The van der Waals surface area contributed by atoms with Crippen molar-refractivity contribution in [2.45, 2.75) is 33.6 Å². The Bertz CT molecular complexity index is 141. The van der Waals surface area contributed by atoms with Gasteiger partial charge in [-0.1, -0.05) is 27.2 Å². The molecule has 0 spiro atoms.